The van der Waals surface area contributed by atoms with Gasteiger partial charge in [-0.3, -0.25) is 0 Å². The quantitative estimate of drug-likeness (QED) is 0.255. The number of likely N-dealkylation sites (N-methyl/N-ethyl adjacent to an activating group) is 1. The molecule has 49 heavy (non-hydrogen) atoms. The van der Waals surface area contributed by atoms with Crippen molar-refractivity contribution in [2.24, 2.45) is 0 Å². The number of halogens is 2. The predicted octanol–water partition coefficient (Wildman–Crippen LogP) is 4.76. The Hall–Kier alpha value is -5.22. The van der Waals surface area contributed by atoms with Crippen LogP contribution in [0.15, 0.2) is 55.4 Å². The van der Waals surface area contributed by atoms with Crippen LogP contribution in [0.25, 0.3) is 16.6 Å². The lowest BCUT2D eigenvalue weighted by molar-refractivity contribution is -0.135. The SMILES string of the molecule is Cc1cc(Nc2ncnc3ccc(OC(=O)N4CCN(C)CC4C)c(O[C@@H]4CCN(C)CC4(F)F)c23)ccc1Oc1cc2ncnn2cn1. The average Bonchev–Trinajstić information content (AvgIpc) is 3.52. The molecule has 2 fully saturated rings. The largest absolute Gasteiger partial charge is 0.479 e. The van der Waals surface area contributed by atoms with Crippen LogP contribution < -0.4 is 19.5 Å². The minimum absolute atomic E-state index is 0.00767. The highest BCUT2D eigenvalue weighted by atomic mass is 19.3. The molecular weight excluding hydrogens is 638 g/mol. The Balaban J connectivity index is 1.22. The van der Waals surface area contributed by atoms with Crippen LogP contribution in [0.2, 0.25) is 0 Å². The Morgan fingerprint density at radius 3 is 2.61 bits per heavy atom. The average molecular weight is 675 g/mol. The molecule has 0 radical (unpaired) electrons. The van der Waals surface area contributed by atoms with Crippen LogP contribution in [0.3, 0.4) is 0 Å². The normalized spacial score (nSPS) is 20.0. The summed E-state index contributed by atoms with van der Waals surface area (Å²) in [4.78, 5) is 36.1. The van der Waals surface area contributed by atoms with Gasteiger partial charge >= 0.3 is 6.09 Å². The summed E-state index contributed by atoms with van der Waals surface area (Å²) >= 11 is 0. The van der Waals surface area contributed by atoms with Crippen LogP contribution in [-0.4, -0.2) is 115 Å². The second-order valence-electron chi connectivity index (χ2n) is 12.6. The highest BCUT2D eigenvalue weighted by Gasteiger charge is 2.46. The van der Waals surface area contributed by atoms with E-state index >= 15 is 8.78 Å². The van der Waals surface area contributed by atoms with Crippen LogP contribution in [0.1, 0.15) is 18.9 Å². The van der Waals surface area contributed by atoms with Gasteiger partial charge in [-0.1, -0.05) is 0 Å². The van der Waals surface area contributed by atoms with E-state index < -0.39 is 24.7 Å². The van der Waals surface area contributed by atoms with Crippen molar-refractivity contribution in [3.05, 3.63) is 60.9 Å². The first kappa shape index (κ1) is 32.3. The third-order valence-corrected chi connectivity index (χ3v) is 8.77. The molecular formula is C33H36F2N10O4. The number of hydrogen-bond acceptors (Lipinski definition) is 12. The van der Waals surface area contributed by atoms with E-state index in [4.69, 9.17) is 14.2 Å². The van der Waals surface area contributed by atoms with Crippen molar-refractivity contribution >= 4 is 34.1 Å². The van der Waals surface area contributed by atoms with E-state index in [1.165, 1.54) is 29.6 Å². The molecule has 1 N–H and O–H groups in total. The molecule has 5 aromatic rings. The molecule has 14 nitrogen and oxygen atoms in total. The number of amides is 1. The summed E-state index contributed by atoms with van der Waals surface area (Å²) in [6, 6.07) is 10.2. The van der Waals surface area contributed by atoms with Gasteiger partial charge in [-0.25, -0.2) is 38.0 Å². The van der Waals surface area contributed by atoms with Crippen molar-refractivity contribution in [3.63, 3.8) is 0 Å². The second-order valence-corrected chi connectivity index (χ2v) is 12.6. The van der Waals surface area contributed by atoms with Gasteiger partial charge in [0, 0.05) is 50.4 Å². The van der Waals surface area contributed by atoms with Crippen molar-refractivity contribution in [3.8, 4) is 23.1 Å². The van der Waals surface area contributed by atoms with Gasteiger partial charge in [0.2, 0.25) is 5.88 Å². The molecule has 2 atom stereocenters. The van der Waals surface area contributed by atoms with Crippen molar-refractivity contribution in [1.82, 2.24) is 44.2 Å². The van der Waals surface area contributed by atoms with Crippen LogP contribution in [-0.2, 0) is 0 Å². The number of rotatable bonds is 7. The van der Waals surface area contributed by atoms with Crippen molar-refractivity contribution in [2.75, 3.05) is 52.1 Å². The van der Waals surface area contributed by atoms with Crippen LogP contribution in [0.5, 0.6) is 23.1 Å². The van der Waals surface area contributed by atoms with E-state index in [9.17, 15) is 4.79 Å². The molecule has 0 spiro atoms. The third kappa shape index (κ3) is 6.73. The number of hydrogen-bond donors (Lipinski definition) is 1. The molecule has 256 valence electrons. The highest BCUT2D eigenvalue weighted by Crippen LogP contribution is 2.43. The Bertz CT molecular complexity index is 2010. The van der Waals surface area contributed by atoms with Crippen LogP contribution in [0, 0.1) is 6.92 Å². The van der Waals surface area contributed by atoms with Crippen molar-refractivity contribution in [1.29, 1.82) is 0 Å². The molecule has 2 aliphatic rings. The topological polar surface area (TPSA) is 135 Å². The first-order valence-electron chi connectivity index (χ1n) is 15.9. The lowest BCUT2D eigenvalue weighted by atomic mass is 10.0. The number of carbonyl (C=O) groups is 1. The van der Waals surface area contributed by atoms with Crippen molar-refractivity contribution < 1.29 is 27.8 Å². The van der Waals surface area contributed by atoms with E-state index in [0.29, 0.717) is 60.0 Å². The molecule has 16 heteroatoms. The number of benzene rings is 2. The zero-order valence-corrected chi connectivity index (χ0v) is 27.5. The summed E-state index contributed by atoms with van der Waals surface area (Å²) in [5, 5.41) is 7.63. The number of carbonyl (C=O) groups excluding carboxylic acids is 1. The monoisotopic (exact) mass is 674 g/mol. The minimum Gasteiger partial charge on any atom is -0.479 e. The number of piperidine rings is 1. The van der Waals surface area contributed by atoms with Crippen LogP contribution in [0.4, 0.5) is 25.1 Å². The first-order valence-corrected chi connectivity index (χ1v) is 15.9. The zero-order valence-electron chi connectivity index (χ0n) is 27.5. The molecule has 2 aromatic carbocycles. The molecule has 0 bridgehead atoms. The summed E-state index contributed by atoms with van der Waals surface area (Å²) in [5.41, 5.74) is 2.43. The Morgan fingerprint density at radius 1 is 0.980 bits per heavy atom. The number of anilines is 2. The number of nitrogens with one attached hydrogen (secondary N) is 1. The summed E-state index contributed by atoms with van der Waals surface area (Å²) in [6.45, 7) is 5.59. The summed E-state index contributed by atoms with van der Waals surface area (Å²) < 4.78 is 50.4. The lowest BCUT2D eigenvalue weighted by Gasteiger charge is -2.38. The second kappa shape index (κ2) is 13.0. The van der Waals surface area contributed by atoms with Crippen molar-refractivity contribution in [2.45, 2.75) is 38.3 Å². The fraction of sp³-hybridized carbons (Fsp3) is 0.394. The number of piperazine rings is 1. The zero-order chi connectivity index (χ0) is 34.3. The van der Waals surface area contributed by atoms with E-state index in [1.807, 2.05) is 27.0 Å². The Labute approximate surface area is 280 Å². The number of aryl methyl sites for hydroxylation is 1. The molecule has 7 rings (SSSR count). The molecule has 2 saturated heterocycles. The number of fused-ring (bicyclic) bond motifs is 2. The van der Waals surface area contributed by atoms with E-state index in [2.05, 4.69) is 35.3 Å². The van der Waals surface area contributed by atoms with Gasteiger partial charge in [0.1, 0.15) is 30.5 Å². The number of likely N-dealkylation sites (tertiary alicyclic amines) is 1. The van der Waals surface area contributed by atoms with E-state index in [1.54, 1.807) is 41.1 Å². The number of aromatic nitrogens is 6. The van der Waals surface area contributed by atoms with Gasteiger partial charge in [-0.05, 0) is 63.8 Å². The first-order chi connectivity index (χ1) is 23.5. The van der Waals surface area contributed by atoms with E-state index in [-0.39, 0.29) is 29.8 Å². The lowest BCUT2D eigenvalue weighted by Crippen LogP contribution is -2.53. The molecule has 3 aromatic heterocycles. The third-order valence-electron chi connectivity index (χ3n) is 8.77. The molecule has 1 amide bonds. The fourth-order valence-electron chi connectivity index (χ4n) is 6.19. The maximum atomic E-state index is 15.4. The number of nitrogens with zero attached hydrogens (tertiary/aromatic N) is 9. The predicted molar refractivity (Wildman–Crippen MR) is 176 cm³/mol. The number of ether oxygens (including phenoxy) is 3. The Morgan fingerprint density at radius 2 is 1.82 bits per heavy atom. The van der Waals surface area contributed by atoms with E-state index in [0.717, 1.165) is 5.56 Å². The maximum Gasteiger partial charge on any atom is 0.415 e. The summed E-state index contributed by atoms with van der Waals surface area (Å²) in [5.74, 6) is -1.98. The standard InChI is InChI=1S/C33H36F2N10O4/c1-20-13-22(5-7-24(20)47-28-14-27-37-18-40-45(27)19-39-28)41-31-29-23(36-17-38-31)6-8-25(48-32(46)44-12-11-42(3)15-21(44)2)30(29)49-26-9-10-43(4)16-33(26,34)35/h5-8,13-14,17-19,21,26H,9-12,15-16H2,1-4H3,(H,36,38,41)/t21?,26-/m1/s1. The molecule has 1 unspecified atom stereocenters. The fourth-order valence-corrected chi connectivity index (χ4v) is 6.19. The van der Waals surface area contributed by atoms with Gasteiger partial charge in [0.05, 0.1) is 17.4 Å². The molecule has 2 aliphatic heterocycles. The Kier molecular flexibility index (Phi) is 8.58. The maximum absolute atomic E-state index is 15.4. The highest BCUT2D eigenvalue weighted by molar-refractivity contribution is 5.98. The smallest absolute Gasteiger partial charge is 0.415 e. The van der Waals surface area contributed by atoms with Gasteiger partial charge < -0.3 is 34.2 Å². The molecule has 5 heterocycles. The molecule has 0 saturated carbocycles. The summed E-state index contributed by atoms with van der Waals surface area (Å²) in [7, 11) is 3.64. The van der Waals surface area contributed by atoms with Gasteiger partial charge in [0.15, 0.2) is 23.3 Å². The molecule has 0 aliphatic carbocycles. The van der Waals surface area contributed by atoms with Crippen LogP contribution >= 0.6 is 0 Å². The minimum atomic E-state index is -3.16. The van der Waals surface area contributed by atoms with Gasteiger partial charge in [-0.2, -0.15) is 5.10 Å². The van der Waals surface area contributed by atoms with Gasteiger partial charge in [-0.15, -0.1) is 0 Å². The number of alkyl halides is 2. The van der Waals surface area contributed by atoms with Gasteiger partial charge in [0.25, 0.3) is 5.92 Å². The summed E-state index contributed by atoms with van der Waals surface area (Å²) in [6.07, 6.45) is 2.33.